The first kappa shape index (κ1) is 9.35. The highest BCUT2D eigenvalue weighted by molar-refractivity contribution is 8.15. The van der Waals surface area contributed by atoms with Crippen LogP contribution in [0.3, 0.4) is 0 Å². The van der Waals surface area contributed by atoms with Crippen LogP contribution in [0.4, 0.5) is 0 Å². The quantitative estimate of drug-likeness (QED) is 0.652. The van der Waals surface area contributed by atoms with Gasteiger partial charge in [0.1, 0.15) is 0 Å². The third kappa shape index (κ3) is 1.84. The Morgan fingerprint density at radius 2 is 2.31 bits per heavy atom. The number of fused-ring (bicyclic) bond motifs is 1. The van der Waals surface area contributed by atoms with Crippen molar-refractivity contribution >= 4 is 28.4 Å². The normalized spacial score (nSPS) is 31.7. The van der Waals surface area contributed by atoms with Gasteiger partial charge < -0.3 is 0 Å². The average Bonchev–Trinajstić information content (AvgIpc) is 2.46. The van der Waals surface area contributed by atoms with E-state index < -0.39 is 0 Å². The van der Waals surface area contributed by atoms with E-state index >= 15 is 0 Å². The summed E-state index contributed by atoms with van der Waals surface area (Å²) in [6, 6.07) is 0.278. The van der Waals surface area contributed by atoms with Gasteiger partial charge in [-0.25, -0.2) is 0 Å². The van der Waals surface area contributed by atoms with Gasteiger partial charge in [-0.05, 0) is 12.2 Å². The lowest BCUT2D eigenvalue weighted by molar-refractivity contribution is 0.835. The van der Waals surface area contributed by atoms with Crippen molar-refractivity contribution < 1.29 is 0 Å². The molecule has 13 heavy (non-hydrogen) atoms. The summed E-state index contributed by atoms with van der Waals surface area (Å²) in [6.45, 7) is 4.36. The smallest absolute Gasteiger partial charge is 0.0864 e. The Morgan fingerprint density at radius 3 is 3.00 bits per heavy atom. The van der Waals surface area contributed by atoms with Crippen molar-refractivity contribution in [3.8, 4) is 0 Å². The van der Waals surface area contributed by atoms with Gasteiger partial charge in [-0.15, -0.1) is 11.8 Å². The standard InChI is InChI=1S/C10H12ClNS/c1-6(2)10-12-8-5-7(11)3-4-9(8)13-10/h3-6,8-9H,1-2H3. The summed E-state index contributed by atoms with van der Waals surface area (Å²) in [5.41, 5.74) is 0. The summed E-state index contributed by atoms with van der Waals surface area (Å²) in [5.74, 6) is 0.538. The molecule has 0 aromatic carbocycles. The zero-order valence-corrected chi connectivity index (χ0v) is 9.27. The molecule has 2 aliphatic rings. The van der Waals surface area contributed by atoms with Crippen LogP contribution in [0.1, 0.15) is 13.8 Å². The van der Waals surface area contributed by atoms with E-state index in [0.717, 1.165) is 5.03 Å². The van der Waals surface area contributed by atoms with Gasteiger partial charge in [0.2, 0.25) is 0 Å². The maximum absolute atomic E-state index is 5.91. The number of hydrogen-bond donors (Lipinski definition) is 0. The molecule has 2 atom stereocenters. The highest BCUT2D eigenvalue weighted by Gasteiger charge is 2.29. The summed E-state index contributed by atoms with van der Waals surface area (Å²) in [7, 11) is 0. The number of nitrogens with zero attached hydrogens (tertiary/aromatic N) is 1. The Labute approximate surface area is 88.0 Å². The van der Waals surface area contributed by atoms with Gasteiger partial charge in [0.25, 0.3) is 0 Å². The van der Waals surface area contributed by atoms with Crippen LogP contribution in [-0.2, 0) is 0 Å². The second-order valence-corrected chi connectivity index (χ2v) is 5.24. The minimum Gasteiger partial charge on any atom is -0.274 e. The number of thioether (sulfide) groups is 1. The lowest BCUT2D eigenvalue weighted by atomic mass is 10.1. The van der Waals surface area contributed by atoms with Crippen molar-refractivity contribution in [3.63, 3.8) is 0 Å². The fourth-order valence-corrected chi connectivity index (χ4v) is 2.81. The average molecular weight is 214 g/mol. The van der Waals surface area contributed by atoms with Gasteiger partial charge in [-0.3, -0.25) is 4.99 Å². The second-order valence-electron chi connectivity index (χ2n) is 3.61. The summed E-state index contributed by atoms with van der Waals surface area (Å²) in [6.07, 6.45) is 6.15. The maximum atomic E-state index is 5.91. The second kappa shape index (κ2) is 3.50. The molecule has 70 valence electrons. The maximum Gasteiger partial charge on any atom is 0.0864 e. The molecule has 0 N–H and O–H groups in total. The molecule has 3 heteroatoms. The number of hydrogen-bond acceptors (Lipinski definition) is 2. The molecule has 0 radical (unpaired) electrons. The highest BCUT2D eigenvalue weighted by atomic mass is 35.5. The molecule has 0 amide bonds. The van der Waals surface area contributed by atoms with E-state index in [1.54, 1.807) is 0 Å². The highest BCUT2D eigenvalue weighted by Crippen LogP contribution is 2.35. The molecule has 1 aliphatic carbocycles. The minimum absolute atomic E-state index is 0.278. The van der Waals surface area contributed by atoms with Crippen LogP contribution < -0.4 is 0 Å². The lowest BCUT2D eigenvalue weighted by Crippen LogP contribution is -2.14. The lowest BCUT2D eigenvalue weighted by Gasteiger charge is -2.13. The molecule has 0 bridgehead atoms. The van der Waals surface area contributed by atoms with Crippen LogP contribution in [-0.4, -0.2) is 16.3 Å². The SMILES string of the molecule is CC(C)C1=NC2C=C(Cl)C=CC2S1. The third-order valence-corrected chi connectivity index (χ3v) is 3.92. The number of halogens is 1. The van der Waals surface area contributed by atoms with Crippen molar-refractivity contribution in [2.45, 2.75) is 25.1 Å². The summed E-state index contributed by atoms with van der Waals surface area (Å²) in [5, 5.41) is 2.55. The van der Waals surface area contributed by atoms with Gasteiger partial charge >= 0.3 is 0 Å². The first-order chi connectivity index (χ1) is 6.16. The fourth-order valence-electron chi connectivity index (χ4n) is 1.44. The van der Waals surface area contributed by atoms with E-state index in [1.807, 2.05) is 23.9 Å². The van der Waals surface area contributed by atoms with Gasteiger partial charge in [0, 0.05) is 11.0 Å². The molecule has 1 heterocycles. The topological polar surface area (TPSA) is 12.4 Å². The third-order valence-electron chi connectivity index (χ3n) is 2.14. The van der Waals surface area contributed by atoms with Crippen LogP contribution in [0.5, 0.6) is 0 Å². The van der Waals surface area contributed by atoms with E-state index in [2.05, 4.69) is 24.9 Å². The zero-order chi connectivity index (χ0) is 9.42. The molecule has 2 unspecified atom stereocenters. The molecule has 0 spiro atoms. The first-order valence-corrected chi connectivity index (χ1v) is 5.72. The van der Waals surface area contributed by atoms with Crippen LogP contribution in [0, 0.1) is 5.92 Å². The van der Waals surface area contributed by atoms with E-state index in [-0.39, 0.29) is 6.04 Å². The number of allylic oxidation sites excluding steroid dienone is 2. The molecule has 1 nitrogen and oxygen atoms in total. The number of aliphatic imine (C=N–C) groups is 1. The van der Waals surface area contributed by atoms with Crippen LogP contribution in [0.15, 0.2) is 28.3 Å². The van der Waals surface area contributed by atoms with Crippen molar-refractivity contribution in [3.05, 3.63) is 23.3 Å². The first-order valence-electron chi connectivity index (χ1n) is 4.46. The summed E-state index contributed by atoms with van der Waals surface area (Å²) < 4.78 is 0. The Balaban J connectivity index is 2.19. The Morgan fingerprint density at radius 1 is 1.54 bits per heavy atom. The van der Waals surface area contributed by atoms with Crippen LogP contribution >= 0.6 is 23.4 Å². The van der Waals surface area contributed by atoms with Gasteiger partial charge in [-0.2, -0.15) is 0 Å². The summed E-state index contributed by atoms with van der Waals surface area (Å²) in [4.78, 5) is 4.63. The fraction of sp³-hybridized carbons (Fsp3) is 0.500. The van der Waals surface area contributed by atoms with Crippen LogP contribution in [0.25, 0.3) is 0 Å². The Bertz CT molecular complexity index is 304. The Kier molecular flexibility index (Phi) is 2.52. The van der Waals surface area contributed by atoms with Crippen molar-refractivity contribution in [1.29, 1.82) is 0 Å². The molecule has 0 fully saturated rings. The molecule has 0 aromatic heterocycles. The van der Waals surface area contributed by atoms with Gasteiger partial charge in [-0.1, -0.05) is 31.5 Å². The van der Waals surface area contributed by atoms with Crippen molar-refractivity contribution in [2.24, 2.45) is 10.9 Å². The van der Waals surface area contributed by atoms with Crippen molar-refractivity contribution in [1.82, 2.24) is 0 Å². The molecule has 0 aromatic rings. The largest absolute Gasteiger partial charge is 0.274 e. The van der Waals surface area contributed by atoms with Gasteiger partial charge in [0.05, 0.1) is 16.3 Å². The molecule has 0 saturated heterocycles. The van der Waals surface area contributed by atoms with E-state index in [0.29, 0.717) is 11.2 Å². The molecule has 0 saturated carbocycles. The molecular formula is C10H12ClNS. The Hall–Kier alpha value is -0.210. The number of rotatable bonds is 1. The predicted molar refractivity (Wildman–Crippen MR) is 60.5 cm³/mol. The zero-order valence-electron chi connectivity index (χ0n) is 7.70. The predicted octanol–water partition coefficient (Wildman–Crippen LogP) is 3.22. The molecular weight excluding hydrogens is 202 g/mol. The van der Waals surface area contributed by atoms with Crippen LogP contribution in [0.2, 0.25) is 0 Å². The van der Waals surface area contributed by atoms with E-state index in [1.165, 1.54) is 5.04 Å². The molecule has 2 rings (SSSR count). The molecule has 1 aliphatic heterocycles. The van der Waals surface area contributed by atoms with Crippen molar-refractivity contribution in [2.75, 3.05) is 0 Å². The summed E-state index contributed by atoms with van der Waals surface area (Å²) >= 11 is 7.77. The minimum atomic E-state index is 0.278. The van der Waals surface area contributed by atoms with Gasteiger partial charge in [0.15, 0.2) is 0 Å². The monoisotopic (exact) mass is 213 g/mol. The van der Waals surface area contributed by atoms with E-state index in [9.17, 15) is 0 Å². The van der Waals surface area contributed by atoms with E-state index in [4.69, 9.17) is 11.6 Å².